The molecule has 0 saturated carbocycles. The highest BCUT2D eigenvalue weighted by atomic mass is 32.2. The predicted molar refractivity (Wildman–Crippen MR) is 28.9 cm³/mol. The molecular weight excluding hydrogens is 112 g/mol. The standard InChI is InChI=1S/C3H4N2OS/c4-3-1-2-7(6)5-3/h1-2H,(H2,4,5). The van der Waals surface area contributed by atoms with Crippen molar-refractivity contribution in [2.24, 2.45) is 10.1 Å². The first-order valence-electron chi connectivity index (χ1n) is 1.72. The maximum absolute atomic E-state index is 10.2. The molecule has 38 valence electrons. The molecule has 1 unspecified atom stereocenters. The van der Waals surface area contributed by atoms with E-state index in [-0.39, 0.29) is 0 Å². The van der Waals surface area contributed by atoms with Gasteiger partial charge in [0.25, 0.3) is 0 Å². The Morgan fingerprint density at radius 2 is 2.57 bits per heavy atom. The molecule has 3 nitrogen and oxygen atoms in total. The molecule has 0 saturated heterocycles. The Morgan fingerprint density at radius 3 is 2.71 bits per heavy atom. The topological polar surface area (TPSA) is 55.4 Å². The molecule has 0 aromatic rings. The van der Waals surface area contributed by atoms with Gasteiger partial charge in [-0.25, -0.2) is 4.21 Å². The van der Waals surface area contributed by atoms with Crippen LogP contribution in [0.25, 0.3) is 0 Å². The van der Waals surface area contributed by atoms with Crippen LogP contribution in [0, 0.1) is 0 Å². The Kier molecular flexibility index (Phi) is 0.941. The largest absolute Gasteiger partial charge is 0.383 e. The van der Waals surface area contributed by atoms with Gasteiger partial charge in [0, 0.05) is 5.41 Å². The Labute approximate surface area is 43.5 Å². The zero-order valence-corrected chi connectivity index (χ0v) is 4.31. The summed E-state index contributed by atoms with van der Waals surface area (Å²) in [7, 11) is -1.17. The van der Waals surface area contributed by atoms with Crippen LogP contribution in [0.15, 0.2) is 15.9 Å². The van der Waals surface area contributed by atoms with Gasteiger partial charge in [0.2, 0.25) is 0 Å². The molecule has 1 aliphatic heterocycles. The number of amidine groups is 1. The SMILES string of the molecule is NC1=NS(=O)C=C1. The minimum absolute atomic E-state index is 0.346. The fourth-order valence-corrected chi connectivity index (χ4v) is 0.878. The molecule has 0 fully saturated rings. The summed E-state index contributed by atoms with van der Waals surface area (Å²) >= 11 is 0. The molecule has 0 aromatic heterocycles. The van der Waals surface area contributed by atoms with Crippen LogP contribution in [0.5, 0.6) is 0 Å². The van der Waals surface area contributed by atoms with E-state index in [2.05, 4.69) is 4.40 Å². The fourth-order valence-electron chi connectivity index (χ4n) is 0.293. The third-order valence-corrected chi connectivity index (χ3v) is 1.31. The molecule has 0 aliphatic carbocycles. The van der Waals surface area contributed by atoms with Crippen LogP contribution < -0.4 is 5.73 Å². The number of rotatable bonds is 0. The van der Waals surface area contributed by atoms with Gasteiger partial charge >= 0.3 is 0 Å². The number of hydrogen-bond acceptors (Lipinski definition) is 2. The van der Waals surface area contributed by atoms with E-state index < -0.39 is 11.0 Å². The van der Waals surface area contributed by atoms with Crippen molar-refractivity contribution in [2.45, 2.75) is 0 Å². The molecule has 1 heterocycles. The van der Waals surface area contributed by atoms with E-state index in [1.54, 1.807) is 0 Å². The second-order valence-electron chi connectivity index (χ2n) is 1.10. The van der Waals surface area contributed by atoms with E-state index >= 15 is 0 Å². The van der Waals surface area contributed by atoms with E-state index in [1.165, 1.54) is 11.5 Å². The Morgan fingerprint density at radius 1 is 1.86 bits per heavy atom. The number of nitrogens with two attached hydrogens (primary N) is 1. The highest BCUT2D eigenvalue weighted by molar-refractivity contribution is 7.87. The van der Waals surface area contributed by atoms with Gasteiger partial charge < -0.3 is 5.73 Å². The molecule has 1 rings (SSSR count). The molecule has 7 heavy (non-hydrogen) atoms. The summed E-state index contributed by atoms with van der Waals surface area (Å²) in [5.74, 6) is 0.346. The number of nitrogens with zero attached hydrogens (tertiary/aromatic N) is 1. The summed E-state index contributed by atoms with van der Waals surface area (Å²) in [5.41, 5.74) is 5.10. The highest BCUT2D eigenvalue weighted by Crippen LogP contribution is 1.94. The molecule has 4 heteroatoms. The maximum atomic E-state index is 10.2. The van der Waals surface area contributed by atoms with Crippen molar-refractivity contribution in [1.82, 2.24) is 0 Å². The van der Waals surface area contributed by atoms with Crippen LogP contribution in [0.3, 0.4) is 0 Å². The van der Waals surface area contributed by atoms with Gasteiger partial charge in [0.05, 0.1) is 0 Å². The summed E-state index contributed by atoms with van der Waals surface area (Å²) in [4.78, 5) is 0. The molecule has 1 aliphatic rings. The van der Waals surface area contributed by atoms with Crippen LogP contribution >= 0.6 is 0 Å². The van der Waals surface area contributed by atoms with E-state index in [0.717, 1.165) is 0 Å². The monoisotopic (exact) mass is 116 g/mol. The molecule has 0 aromatic carbocycles. The highest BCUT2D eigenvalue weighted by Gasteiger charge is 1.97. The van der Waals surface area contributed by atoms with E-state index in [0.29, 0.717) is 5.84 Å². The lowest BCUT2D eigenvalue weighted by molar-refractivity contribution is 0.690. The van der Waals surface area contributed by atoms with Crippen LogP contribution in [-0.4, -0.2) is 10.0 Å². The second kappa shape index (κ2) is 1.46. The average Bonchev–Trinajstić information content (AvgIpc) is 1.87. The van der Waals surface area contributed by atoms with Crippen LogP contribution in [0.2, 0.25) is 0 Å². The Hall–Kier alpha value is -0.640. The van der Waals surface area contributed by atoms with Gasteiger partial charge in [0.1, 0.15) is 5.84 Å². The van der Waals surface area contributed by atoms with E-state index in [1.807, 2.05) is 0 Å². The average molecular weight is 116 g/mol. The smallest absolute Gasteiger partial charge is 0.167 e. The van der Waals surface area contributed by atoms with Crippen molar-refractivity contribution in [3.05, 3.63) is 11.5 Å². The van der Waals surface area contributed by atoms with Crippen LogP contribution in [-0.2, 0) is 11.0 Å². The van der Waals surface area contributed by atoms with E-state index in [9.17, 15) is 4.21 Å². The lowest BCUT2D eigenvalue weighted by atomic mass is 10.6. The molecule has 0 spiro atoms. The molecule has 0 amide bonds. The summed E-state index contributed by atoms with van der Waals surface area (Å²) in [6.45, 7) is 0. The summed E-state index contributed by atoms with van der Waals surface area (Å²) in [6, 6.07) is 0. The van der Waals surface area contributed by atoms with Gasteiger partial charge in [-0.3, -0.25) is 0 Å². The third-order valence-electron chi connectivity index (χ3n) is 0.551. The quantitative estimate of drug-likeness (QED) is 0.465. The van der Waals surface area contributed by atoms with Gasteiger partial charge in [-0.15, -0.1) is 0 Å². The van der Waals surface area contributed by atoms with Crippen molar-refractivity contribution in [1.29, 1.82) is 0 Å². The zero-order valence-electron chi connectivity index (χ0n) is 3.50. The van der Waals surface area contributed by atoms with Crippen molar-refractivity contribution < 1.29 is 4.21 Å². The summed E-state index contributed by atoms with van der Waals surface area (Å²) in [6.07, 6.45) is 1.52. The molecule has 2 N–H and O–H groups in total. The van der Waals surface area contributed by atoms with Crippen LogP contribution in [0.4, 0.5) is 0 Å². The third kappa shape index (κ3) is 0.866. The minimum atomic E-state index is -1.17. The molecule has 0 radical (unpaired) electrons. The fraction of sp³-hybridized carbons (Fsp3) is 0. The first-order chi connectivity index (χ1) is 3.29. The predicted octanol–water partition coefficient (Wildman–Crippen LogP) is -0.465. The summed E-state index contributed by atoms with van der Waals surface area (Å²) in [5, 5.41) is 1.44. The molecule has 1 atom stereocenters. The van der Waals surface area contributed by atoms with Gasteiger partial charge in [-0.05, 0) is 6.08 Å². The van der Waals surface area contributed by atoms with Gasteiger partial charge in [0.15, 0.2) is 11.0 Å². The first-order valence-corrected chi connectivity index (χ1v) is 2.89. The van der Waals surface area contributed by atoms with Crippen molar-refractivity contribution in [3.63, 3.8) is 0 Å². The first kappa shape index (κ1) is 4.52. The Balaban J connectivity index is 2.88. The normalized spacial score (nSPS) is 28.0. The lowest BCUT2D eigenvalue weighted by Gasteiger charge is -1.73. The van der Waals surface area contributed by atoms with Crippen LogP contribution in [0.1, 0.15) is 0 Å². The van der Waals surface area contributed by atoms with Crippen molar-refractivity contribution in [2.75, 3.05) is 0 Å². The van der Waals surface area contributed by atoms with Crippen molar-refractivity contribution >= 4 is 16.8 Å². The maximum Gasteiger partial charge on any atom is 0.167 e. The van der Waals surface area contributed by atoms with Crippen molar-refractivity contribution in [3.8, 4) is 0 Å². The Bertz CT molecular complexity index is 160. The minimum Gasteiger partial charge on any atom is -0.383 e. The number of hydrogen-bond donors (Lipinski definition) is 1. The molecule has 0 bridgehead atoms. The second-order valence-corrected chi connectivity index (χ2v) is 2.10. The van der Waals surface area contributed by atoms with Gasteiger partial charge in [-0.1, -0.05) is 0 Å². The van der Waals surface area contributed by atoms with Gasteiger partial charge in [-0.2, -0.15) is 4.40 Å². The lowest BCUT2D eigenvalue weighted by Crippen LogP contribution is -2.03. The summed E-state index contributed by atoms with van der Waals surface area (Å²) < 4.78 is 13.7. The zero-order chi connectivity index (χ0) is 5.28. The van der Waals surface area contributed by atoms with E-state index in [4.69, 9.17) is 5.73 Å². The molecular formula is C3H4N2OS.